The lowest BCUT2D eigenvalue weighted by molar-refractivity contribution is 0.202. The normalized spacial score (nSPS) is 11.5. The number of aliphatic hydroxyl groups is 5. The maximum atomic E-state index is 9.33. The van der Waals surface area contributed by atoms with Gasteiger partial charge in [0.15, 0.2) is 0 Å². The third kappa shape index (κ3) is 18.9. The van der Waals surface area contributed by atoms with E-state index in [1.807, 2.05) is 56.3 Å². The summed E-state index contributed by atoms with van der Waals surface area (Å²) in [5, 5.41) is 54.0. The predicted molar refractivity (Wildman–Crippen MR) is 519 cm³/mol. The second-order valence-electron chi connectivity index (χ2n) is 33.6. The van der Waals surface area contributed by atoms with Crippen molar-refractivity contribution >= 4 is 116 Å². The van der Waals surface area contributed by atoms with Crippen molar-refractivity contribution in [3.8, 4) is 5.75 Å². The number of nitrogens with one attached hydrogen (secondary N) is 1. The highest BCUT2D eigenvalue weighted by Crippen LogP contribution is 2.42. The molecule has 14 rings (SSSR count). The molecule has 0 spiro atoms. The molecule has 0 atom stereocenters. The molecule has 0 unspecified atom stereocenters. The first kappa shape index (κ1) is 96.0. The van der Waals surface area contributed by atoms with Crippen molar-refractivity contribution in [3.63, 3.8) is 0 Å². The summed E-state index contributed by atoms with van der Waals surface area (Å²) >= 11 is 0. The lowest BCUT2D eigenvalue weighted by atomic mass is 9.97. The quantitative estimate of drug-likeness (QED) is 0.0316. The number of benzene rings is 7. The number of nitrogens with zero attached hydrogens (tertiary/aromatic N) is 6. The summed E-state index contributed by atoms with van der Waals surface area (Å²) in [5.74, 6) is 2.67. The van der Waals surface area contributed by atoms with Gasteiger partial charge in [-0.15, -0.1) is 0 Å². The number of aliphatic hydroxyl groups excluding tert-OH is 5. The molecule has 20 heteroatoms. The highest BCUT2D eigenvalue weighted by atomic mass is 16.5. The number of ether oxygens (including phenoxy) is 1. The van der Waals surface area contributed by atoms with Gasteiger partial charge < -0.3 is 103 Å². The molecule has 0 bridgehead atoms. The van der Waals surface area contributed by atoms with Gasteiger partial charge in [0, 0.05) is 158 Å². The maximum absolute atomic E-state index is 9.33. The zero-order chi connectivity index (χ0) is 89.9. The van der Waals surface area contributed by atoms with Crippen LogP contribution in [-0.4, -0.2) is 97.6 Å². The number of hydrogen-bond acceptors (Lipinski definition) is 13. The largest absolute Gasteiger partial charge is 0.489 e. The zero-order valence-electron chi connectivity index (χ0n) is 77.9. The number of aromatic amines is 1. The van der Waals surface area contributed by atoms with E-state index < -0.39 is 0 Å². The molecule has 0 saturated carbocycles. The van der Waals surface area contributed by atoms with E-state index in [2.05, 4.69) is 241 Å². The number of nitrogens with two attached hydrogens (primary N) is 7. The molecule has 14 aromatic rings. The molecule has 0 amide bonds. The Hall–Kier alpha value is -10.5. The molecule has 0 aliphatic carbocycles. The third-order valence-electron chi connectivity index (χ3n) is 25.3. The van der Waals surface area contributed by atoms with Gasteiger partial charge >= 0.3 is 0 Å². The van der Waals surface area contributed by atoms with Crippen LogP contribution in [0.2, 0.25) is 0 Å². The van der Waals surface area contributed by atoms with Gasteiger partial charge in [0.25, 0.3) is 0 Å². The minimum Gasteiger partial charge on any atom is -0.489 e. The van der Waals surface area contributed by atoms with Crippen molar-refractivity contribution in [2.24, 2.45) is 14.1 Å². The van der Waals surface area contributed by atoms with Crippen LogP contribution in [0, 0.1) is 76.2 Å². The Morgan fingerprint density at radius 3 is 0.975 bits per heavy atom. The topological polar surface area (TPSA) is 338 Å². The van der Waals surface area contributed by atoms with Crippen LogP contribution >= 0.6 is 0 Å². The van der Waals surface area contributed by atoms with Gasteiger partial charge in [-0.2, -0.15) is 0 Å². The molecule has 7 heterocycles. The fourth-order valence-electron chi connectivity index (χ4n) is 18.2. The average molecular weight is 1650 g/mol. The van der Waals surface area contributed by atoms with E-state index in [-0.39, 0.29) is 39.6 Å². The molecule has 121 heavy (non-hydrogen) atoms. The van der Waals surface area contributed by atoms with E-state index in [4.69, 9.17) is 50.0 Å². The fraction of sp³-hybridized carbons (Fsp3) is 0.446. The summed E-state index contributed by atoms with van der Waals surface area (Å²) in [4.78, 5) is 3.26. The van der Waals surface area contributed by atoms with E-state index in [1.165, 1.54) is 156 Å². The molecule has 656 valence electrons. The second kappa shape index (κ2) is 41.4. The minimum absolute atomic E-state index is 0.00451. The Balaban J connectivity index is 0.000000176. The summed E-state index contributed by atoms with van der Waals surface area (Å²) in [7, 11) is 4.26. The molecule has 0 radical (unpaired) electrons. The molecule has 20 N–H and O–H groups in total. The van der Waals surface area contributed by atoms with Gasteiger partial charge in [0.05, 0.1) is 71.7 Å². The number of aryl methyl sites for hydroxylation is 12. The van der Waals surface area contributed by atoms with E-state index in [0.717, 1.165) is 111 Å². The van der Waals surface area contributed by atoms with Crippen LogP contribution in [0.15, 0.2) is 84.9 Å². The Morgan fingerprint density at radius 2 is 0.587 bits per heavy atom. The first-order valence-electron chi connectivity index (χ1n) is 43.6. The molecular formula is C101H146N14O6. The summed E-state index contributed by atoms with van der Waals surface area (Å²) in [6, 6.07) is 28.5. The highest BCUT2D eigenvalue weighted by Gasteiger charge is 2.25. The van der Waals surface area contributed by atoms with Crippen molar-refractivity contribution < 1.29 is 30.3 Å². The SMILES string of the molecule is CCc1c(C)n(C)c2c(C(C)C)ccc(N)c12.CCc1c(C)n(CCO)c2c(C(C)C)ccc(N)c12.CCc1c(C)n(CCO)c2c(CC)ccc(N)c12.CCc1ccc(N)c2c(C)c(C)n(CCO)c12.Cc1[nH]c2c(OCCO)ccc(N)c2c1C.Cc1c(C)n(C)c2c(C(C)C)ccc(N)c12.Cc1c(C)n(CCO)c2c(C(C)C)ccc(N)c12. The van der Waals surface area contributed by atoms with Crippen molar-refractivity contribution in [3.05, 3.63) is 197 Å². The van der Waals surface area contributed by atoms with Crippen LogP contribution < -0.4 is 44.9 Å². The van der Waals surface area contributed by atoms with Crippen molar-refractivity contribution in [2.45, 2.75) is 248 Å². The maximum Gasteiger partial charge on any atom is 0.143 e. The van der Waals surface area contributed by atoms with Gasteiger partial charge in [-0.25, -0.2) is 0 Å². The number of aromatic nitrogens is 7. The number of rotatable bonds is 20. The van der Waals surface area contributed by atoms with Crippen LogP contribution in [0.4, 0.5) is 39.8 Å². The average Bonchev–Trinajstić information content (AvgIpc) is 1.64. The van der Waals surface area contributed by atoms with E-state index in [0.29, 0.717) is 49.9 Å². The molecule has 0 fully saturated rings. The standard InChI is InChI=1S/C16H24N2O.2C15H22N2O.C15H22N2.C14H20N2O.C14H20N2.C12H16N2O2/c1-5-12-11(4)18(8-9-19)16-13(10(2)3)6-7-14(17)15(12)16;1-9(2)12-5-6-13(16)14-10(3)11(4)17(7-8-18)15(12)14;1-4-11-6-7-13(16)14-12(5-2)10(3)17(8-9-18)15(11)14;1-6-11-10(4)17(5)15-12(9(2)3)7-8-13(16)14(11)15;1-4-11-5-6-12(15)13-9(2)10(3)16(7-8-17)14(11)13;1-8(2)11-6-7-12(15)13-9(3)10(4)16(5)14(11)13;1-7-8(2)14-12-10(16-6-5-15)4-3-9(13)11(7)12/h6-7,10,19H,5,8-9,17H2,1-4H3;5-6,9,18H,7-8,16H2,1-4H3;6-7,18H,4-5,8-9,16H2,1-3H3;7-9H,6,16H2,1-5H3;5-6,17H,4,7-8,15H2,1-3H3;6-8H,15H2,1-5H3;3-4,14-15H,5-6,13H2,1-2H3. The lowest BCUT2D eigenvalue weighted by Gasteiger charge is -2.13. The van der Waals surface area contributed by atoms with Crippen LogP contribution in [0.3, 0.4) is 0 Å². The lowest BCUT2D eigenvalue weighted by Crippen LogP contribution is -2.06. The third-order valence-corrected chi connectivity index (χ3v) is 25.3. The Morgan fingerprint density at radius 1 is 0.306 bits per heavy atom. The van der Waals surface area contributed by atoms with E-state index in [9.17, 15) is 20.4 Å². The van der Waals surface area contributed by atoms with Gasteiger partial charge in [-0.3, -0.25) is 0 Å². The van der Waals surface area contributed by atoms with Gasteiger partial charge in [0.2, 0.25) is 0 Å². The second-order valence-corrected chi connectivity index (χ2v) is 33.6. The zero-order valence-corrected chi connectivity index (χ0v) is 77.9. The highest BCUT2D eigenvalue weighted by molar-refractivity contribution is 6.03. The van der Waals surface area contributed by atoms with Crippen molar-refractivity contribution in [1.29, 1.82) is 0 Å². The van der Waals surface area contributed by atoms with Crippen LogP contribution in [0.1, 0.15) is 226 Å². The van der Waals surface area contributed by atoms with E-state index in [1.54, 1.807) is 0 Å². The monoisotopic (exact) mass is 1650 g/mol. The number of nitrogen functional groups attached to an aromatic ring is 7. The van der Waals surface area contributed by atoms with Crippen LogP contribution in [0.5, 0.6) is 5.75 Å². The molecule has 20 nitrogen and oxygen atoms in total. The Bertz CT molecular complexity index is 5960. The summed E-state index contributed by atoms with van der Waals surface area (Å²) in [6.07, 6.45) is 4.93. The summed E-state index contributed by atoms with van der Waals surface area (Å²) < 4.78 is 18.8. The Kier molecular flexibility index (Phi) is 32.8. The number of fused-ring (bicyclic) bond motifs is 7. The summed E-state index contributed by atoms with van der Waals surface area (Å²) in [5.41, 5.74) is 82.4. The van der Waals surface area contributed by atoms with Crippen LogP contribution in [0.25, 0.3) is 76.3 Å². The minimum atomic E-state index is 0.00451. The molecule has 0 aliphatic heterocycles. The first-order valence-corrected chi connectivity index (χ1v) is 43.6. The number of hydrogen-bond donors (Lipinski definition) is 13. The number of H-pyrrole nitrogens is 1. The van der Waals surface area contributed by atoms with Crippen LogP contribution in [-0.2, 0) is 72.4 Å². The molecule has 7 aromatic heterocycles. The first-order chi connectivity index (χ1) is 57.4. The molecule has 0 saturated heterocycles. The van der Waals surface area contributed by atoms with Crippen molar-refractivity contribution in [2.75, 3.05) is 79.8 Å². The van der Waals surface area contributed by atoms with E-state index >= 15 is 0 Å². The molecular weight excluding hydrogens is 1510 g/mol. The number of anilines is 7. The van der Waals surface area contributed by atoms with Gasteiger partial charge in [-0.1, -0.05) is 126 Å². The van der Waals surface area contributed by atoms with Crippen molar-refractivity contribution in [1.82, 2.24) is 32.4 Å². The van der Waals surface area contributed by atoms with Gasteiger partial charge in [-0.05, 0) is 253 Å². The Labute approximate surface area is 719 Å². The summed E-state index contributed by atoms with van der Waals surface area (Å²) in [6.45, 7) is 55.1. The molecule has 0 aliphatic rings. The molecule has 7 aromatic carbocycles. The predicted octanol–water partition coefficient (Wildman–Crippen LogP) is 20.2. The smallest absolute Gasteiger partial charge is 0.143 e. The van der Waals surface area contributed by atoms with Gasteiger partial charge in [0.1, 0.15) is 12.4 Å². The fourth-order valence-corrected chi connectivity index (χ4v) is 18.2.